The molecule has 1 aliphatic heterocycles. The third-order valence-corrected chi connectivity index (χ3v) is 3.32. The van der Waals surface area contributed by atoms with E-state index in [1.165, 1.54) is 0 Å². The summed E-state index contributed by atoms with van der Waals surface area (Å²) in [4.78, 5) is 23.1. The van der Waals surface area contributed by atoms with Gasteiger partial charge in [0.15, 0.2) is 5.78 Å². The van der Waals surface area contributed by atoms with Gasteiger partial charge in [0.2, 0.25) is 0 Å². The monoisotopic (exact) mass is 233 g/mol. The second-order valence-corrected chi connectivity index (χ2v) is 4.86. The predicted octanol–water partition coefficient (Wildman–Crippen LogP) is 1.54. The van der Waals surface area contributed by atoms with Crippen molar-refractivity contribution >= 4 is 34.9 Å². The number of carbonyl (C=O) groups excluding carboxylic acids is 2. The Morgan fingerprint density at radius 2 is 2.14 bits per heavy atom. The molecule has 0 spiro atoms. The van der Waals surface area contributed by atoms with Crippen LogP contribution in [-0.4, -0.2) is 16.0 Å². The topological polar surface area (TPSA) is 46.2 Å². The summed E-state index contributed by atoms with van der Waals surface area (Å²) in [5, 5.41) is 2.58. The molecule has 1 aliphatic carbocycles. The quantitative estimate of drug-likeness (QED) is 0.510. The van der Waals surface area contributed by atoms with Crippen LogP contribution in [0.25, 0.3) is 0 Å². The maximum absolute atomic E-state index is 11.7. The van der Waals surface area contributed by atoms with E-state index in [-0.39, 0.29) is 5.92 Å². The van der Waals surface area contributed by atoms with E-state index in [9.17, 15) is 9.59 Å². The number of alkyl halides is 2. The summed E-state index contributed by atoms with van der Waals surface area (Å²) in [5.41, 5.74) is 0.670. The standard InChI is InChI=1S/C9H9Cl2NO2/c10-9(11)7(13)5-3-1-2-4-6(5)12-8(9)14/h4-5H,1-3H2,(H,12,14). The van der Waals surface area contributed by atoms with Crippen molar-refractivity contribution in [1.29, 1.82) is 0 Å². The first-order valence-corrected chi connectivity index (χ1v) is 5.22. The second-order valence-electron chi connectivity index (χ2n) is 3.54. The Hall–Kier alpha value is -0.540. The largest absolute Gasteiger partial charge is 0.326 e. The van der Waals surface area contributed by atoms with Crippen LogP contribution >= 0.6 is 23.2 Å². The lowest BCUT2D eigenvalue weighted by molar-refractivity contribution is -0.133. The smallest absolute Gasteiger partial charge is 0.268 e. The van der Waals surface area contributed by atoms with Crippen molar-refractivity contribution in [2.75, 3.05) is 0 Å². The molecule has 76 valence electrons. The number of hydrogen-bond donors (Lipinski definition) is 1. The number of nitrogens with one attached hydrogen (secondary N) is 1. The molecule has 14 heavy (non-hydrogen) atoms. The molecular weight excluding hydrogens is 225 g/mol. The first-order valence-electron chi connectivity index (χ1n) is 4.47. The van der Waals surface area contributed by atoms with E-state index in [1.807, 2.05) is 6.08 Å². The van der Waals surface area contributed by atoms with Gasteiger partial charge in [0.05, 0.1) is 5.92 Å². The molecule has 2 aliphatic rings. The molecule has 1 amide bonds. The SMILES string of the molecule is O=C1NC2=CCCCC2C(=O)C1(Cl)Cl. The van der Waals surface area contributed by atoms with Crippen LogP contribution in [0.4, 0.5) is 0 Å². The average Bonchev–Trinajstić information content (AvgIpc) is 2.15. The third-order valence-electron chi connectivity index (χ3n) is 2.61. The molecule has 1 heterocycles. The number of hydrogen-bond acceptors (Lipinski definition) is 2. The minimum Gasteiger partial charge on any atom is -0.326 e. The highest BCUT2D eigenvalue weighted by atomic mass is 35.5. The number of halogens is 2. The molecule has 0 aromatic rings. The number of rotatable bonds is 0. The highest BCUT2D eigenvalue weighted by Gasteiger charge is 2.51. The molecule has 3 nitrogen and oxygen atoms in total. The van der Waals surface area contributed by atoms with Crippen LogP contribution in [0.3, 0.4) is 0 Å². The van der Waals surface area contributed by atoms with Gasteiger partial charge in [-0.1, -0.05) is 29.3 Å². The fourth-order valence-corrected chi connectivity index (χ4v) is 2.19. The number of ketones is 1. The first-order chi connectivity index (χ1) is 6.53. The zero-order valence-electron chi connectivity index (χ0n) is 7.35. The van der Waals surface area contributed by atoms with E-state index < -0.39 is 16.0 Å². The van der Waals surface area contributed by atoms with Crippen molar-refractivity contribution < 1.29 is 9.59 Å². The molecule has 0 bridgehead atoms. The van der Waals surface area contributed by atoms with Gasteiger partial charge in [-0.3, -0.25) is 9.59 Å². The van der Waals surface area contributed by atoms with E-state index in [1.54, 1.807) is 0 Å². The van der Waals surface area contributed by atoms with E-state index in [4.69, 9.17) is 23.2 Å². The number of fused-ring (bicyclic) bond motifs is 1. The summed E-state index contributed by atoms with van der Waals surface area (Å²) in [7, 11) is 0. The molecule has 1 saturated heterocycles. The van der Waals surface area contributed by atoms with E-state index >= 15 is 0 Å². The first kappa shape index (κ1) is 9.99. The summed E-state index contributed by atoms with van der Waals surface area (Å²) in [6.07, 6.45) is 4.40. The highest BCUT2D eigenvalue weighted by molar-refractivity contribution is 6.68. The van der Waals surface area contributed by atoms with Gasteiger partial charge in [0, 0.05) is 5.70 Å². The highest BCUT2D eigenvalue weighted by Crippen LogP contribution is 2.37. The number of amides is 1. The molecule has 1 atom stereocenters. The Morgan fingerprint density at radius 3 is 2.86 bits per heavy atom. The zero-order valence-corrected chi connectivity index (χ0v) is 8.86. The zero-order chi connectivity index (χ0) is 10.3. The van der Waals surface area contributed by atoms with Crippen molar-refractivity contribution in [3.8, 4) is 0 Å². The van der Waals surface area contributed by atoms with E-state index in [2.05, 4.69) is 5.32 Å². The third kappa shape index (κ3) is 1.35. The van der Waals surface area contributed by atoms with Crippen molar-refractivity contribution in [3.63, 3.8) is 0 Å². The Bertz CT molecular complexity index is 336. The summed E-state index contributed by atoms with van der Waals surface area (Å²) in [5.74, 6) is -1.35. The summed E-state index contributed by atoms with van der Waals surface area (Å²) in [6, 6.07) is 0. The van der Waals surface area contributed by atoms with Crippen LogP contribution in [0.5, 0.6) is 0 Å². The van der Waals surface area contributed by atoms with E-state index in [0.717, 1.165) is 12.8 Å². The van der Waals surface area contributed by atoms with Gasteiger partial charge in [-0.15, -0.1) is 0 Å². The second kappa shape index (κ2) is 3.24. The lowest BCUT2D eigenvalue weighted by Gasteiger charge is -2.33. The van der Waals surface area contributed by atoms with Crippen molar-refractivity contribution in [3.05, 3.63) is 11.8 Å². The van der Waals surface area contributed by atoms with Crippen molar-refractivity contribution in [2.24, 2.45) is 5.92 Å². The molecule has 0 aromatic heterocycles. The van der Waals surface area contributed by atoms with E-state index in [0.29, 0.717) is 12.1 Å². The van der Waals surface area contributed by atoms with Crippen LogP contribution in [-0.2, 0) is 9.59 Å². The van der Waals surface area contributed by atoms with Crippen LogP contribution in [0, 0.1) is 5.92 Å². The molecule has 0 aromatic carbocycles. The Labute approximate surface area is 91.4 Å². The molecule has 1 fully saturated rings. The minimum absolute atomic E-state index is 0.323. The van der Waals surface area contributed by atoms with Crippen LogP contribution < -0.4 is 5.32 Å². The number of piperidine rings is 1. The lowest BCUT2D eigenvalue weighted by atomic mass is 9.84. The molecule has 5 heteroatoms. The van der Waals surface area contributed by atoms with Gasteiger partial charge >= 0.3 is 0 Å². The number of allylic oxidation sites excluding steroid dienone is 2. The van der Waals surface area contributed by atoms with Gasteiger partial charge in [-0.05, 0) is 19.3 Å². The average molecular weight is 234 g/mol. The maximum atomic E-state index is 11.7. The maximum Gasteiger partial charge on any atom is 0.268 e. The van der Waals surface area contributed by atoms with Gasteiger partial charge in [-0.2, -0.15) is 0 Å². The fraction of sp³-hybridized carbons (Fsp3) is 0.556. The Balaban J connectivity index is 2.37. The molecule has 0 saturated carbocycles. The van der Waals surface area contributed by atoms with Gasteiger partial charge in [-0.25, -0.2) is 0 Å². The van der Waals surface area contributed by atoms with Gasteiger partial charge < -0.3 is 5.32 Å². The Morgan fingerprint density at radius 1 is 1.43 bits per heavy atom. The normalized spacial score (nSPS) is 30.4. The molecule has 0 radical (unpaired) electrons. The minimum atomic E-state index is -1.90. The summed E-state index contributed by atoms with van der Waals surface area (Å²) < 4.78 is -1.90. The predicted molar refractivity (Wildman–Crippen MR) is 53.0 cm³/mol. The van der Waals surface area contributed by atoms with Crippen molar-refractivity contribution in [1.82, 2.24) is 5.32 Å². The van der Waals surface area contributed by atoms with Gasteiger partial charge in [0.25, 0.3) is 10.2 Å². The molecular formula is C9H9Cl2NO2. The van der Waals surface area contributed by atoms with Crippen molar-refractivity contribution in [2.45, 2.75) is 23.6 Å². The molecule has 2 rings (SSSR count). The van der Waals surface area contributed by atoms with Crippen LogP contribution in [0.2, 0.25) is 0 Å². The van der Waals surface area contributed by atoms with Crippen LogP contribution in [0.15, 0.2) is 11.8 Å². The van der Waals surface area contributed by atoms with Gasteiger partial charge in [0.1, 0.15) is 0 Å². The summed E-state index contributed by atoms with van der Waals surface area (Å²) >= 11 is 11.3. The molecule has 1 N–H and O–H groups in total. The number of carbonyl (C=O) groups is 2. The summed E-state index contributed by atoms with van der Waals surface area (Å²) in [6.45, 7) is 0. The Kier molecular flexibility index (Phi) is 2.32. The lowest BCUT2D eigenvalue weighted by Crippen LogP contribution is -2.54. The fourth-order valence-electron chi connectivity index (χ4n) is 1.83. The molecule has 1 unspecified atom stereocenters. The van der Waals surface area contributed by atoms with Crippen LogP contribution in [0.1, 0.15) is 19.3 Å². The number of Topliss-reactive ketones (excluding diaryl/α,β-unsaturated/α-hetero) is 1.